The number of carbonyl (C=O) groups excluding carboxylic acids is 1. The lowest BCUT2D eigenvalue weighted by Crippen LogP contribution is -2.43. The van der Waals surface area contributed by atoms with Crippen molar-refractivity contribution in [3.05, 3.63) is 83.9 Å². The quantitative estimate of drug-likeness (QED) is 0.601. The van der Waals surface area contributed by atoms with E-state index >= 15 is 0 Å². The Kier molecular flexibility index (Phi) is 6.32. The predicted octanol–water partition coefficient (Wildman–Crippen LogP) is 4.80. The molecule has 0 saturated heterocycles. The Morgan fingerprint density at radius 2 is 1.70 bits per heavy atom. The SMILES string of the molecule is C[C@H](NC(=O)OCc1ccccc1)[C@@H](O)C(Cl)c1cccc2ccccc12. The monoisotopic (exact) mass is 383 g/mol. The van der Waals surface area contributed by atoms with E-state index in [0.717, 1.165) is 21.9 Å². The maximum Gasteiger partial charge on any atom is 0.407 e. The van der Waals surface area contributed by atoms with Crippen LogP contribution >= 0.6 is 11.6 Å². The normalized spacial score (nSPS) is 14.3. The molecule has 2 N–H and O–H groups in total. The van der Waals surface area contributed by atoms with Crippen LogP contribution < -0.4 is 5.32 Å². The lowest BCUT2D eigenvalue weighted by atomic mass is 9.97. The topological polar surface area (TPSA) is 58.6 Å². The standard InChI is InChI=1S/C22H22ClNO3/c1-15(24-22(26)27-14-16-8-3-2-4-9-16)21(25)20(23)19-13-7-11-17-10-5-6-12-18(17)19/h2-13,15,20-21,25H,14H2,1H3,(H,24,26)/t15-,20?,21+/m0/s1. The third-order valence-electron chi connectivity index (χ3n) is 4.49. The number of ether oxygens (including phenoxy) is 1. The van der Waals surface area contributed by atoms with Crippen molar-refractivity contribution in [2.24, 2.45) is 0 Å². The first kappa shape index (κ1) is 19.2. The van der Waals surface area contributed by atoms with Gasteiger partial charge in [-0.15, -0.1) is 11.6 Å². The highest BCUT2D eigenvalue weighted by molar-refractivity contribution is 6.22. The zero-order valence-electron chi connectivity index (χ0n) is 15.0. The lowest BCUT2D eigenvalue weighted by Gasteiger charge is -2.25. The number of alkyl halides is 1. The van der Waals surface area contributed by atoms with Crippen LogP contribution in [0.15, 0.2) is 72.8 Å². The zero-order chi connectivity index (χ0) is 19.2. The third-order valence-corrected chi connectivity index (χ3v) is 4.98. The molecule has 3 aromatic carbocycles. The largest absolute Gasteiger partial charge is 0.445 e. The Balaban J connectivity index is 1.62. The van der Waals surface area contributed by atoms with Crippen molar-refractivity contribution in [3.63, 3.8) is 0 Å². The molecule has 0 radical (unpaired) electrons. The van der Waals surface area contributed by atoms with E-state index in [2.05, 4.69) is 5.32 Å². The summed E-state index contributed by atoms with van der Waals surface area (Å²) >= 11 is 6.54. The molecule has 0 saturated carbocycles. The number of benzene rings is 3. The van der Waals surface area contributed by atoms with Crippen LogP contribution in [-0.2, 0) is 11.3 Å². The Bertz CT molecular complexity index is 895. The molecule has 3 rings (SSSR count). The summed E-state index contributed by atoms with van der Waals surface area (Å²) in [4.78, 5) is 12.0. The fraction of sp³-hybridized carbons (Fsp3) is 0.227. The van der Waals surface area contributed by atoms with Gasteiger partial charge in [-0.2, -0.15) is 0 Å². The van der Waals surface area contributed by atoms with Gasteiger partial charge >= 0.3 is 6.09 Å². The van der Waals surface area contributed by atoms with Gasteiger partial charge in [0.15, 0.2) is 0 Å². The zero-order valence-corrected chi connectivity index (χ0v) is 15.8. The van der Waals surface area contributed by atoms with Crippen molar-refractivity contribution in [2.45, 2.75) is 31.1 Å². The molecule has 0 bridgehead atoms. The minimum Gasteiger partial charge on any atom is -0.445 e. The number of aliphatic hydroxyl groups excluding tert-OH is 1. The van der Waals surface area contributed by atoms with Gasteiger partial charge in [-0.05, 0) is 28.8 Å². The molecule has 0 aliphatic heterocycles. The van der Waals surface area contributed by atoms with Gasteiger partial charge in [-0.25, -0.2) is 4.79 Å². The highest BCUT2D eigenvalue weighted by atomic mass is 35.5. The summed E-state index contributed by atoms with van der Waals surface area (Å²) in [6.07, 6.45) is -1.56. The molecule has 0 aliphatic rings. The second-order valence-electron chi connectivity index (χ2n) is 6.46. The van der Waals surface area contributed by atoms with Crippen LogP contribution in [0.4, 0.5) is 4.79 Å². The van der Waals surface area contributed by atoms with Crippen LogP contribution in [0.5, 0.6) is 0 Å². The van der Waals surface area contributed by atoms with Crippen molar-refractivity contribution in [1.82, 2.24) is 5.32 Å². The van der Waals surface area contributed by atoms with Gasteiger partial charge in [0.25, 0.3) is 0 Å². The fourth-order valence-electron chi connectivity index (χ4n) is 2.96. The fourth-order valence-corrected chi connectivity index (χ4v) is 3.37. The maximum absolute atomic E-state index is 12.0. The van der Waals surface area contributed by atoms with Gasteiger partial charge in [0.2, 0.25) is 0 Å². The van der Waals surface area contributed by atoms with E-state index in [4.69, 9.17) is 16.3 Å². The average molecular weight is 384 g/mol. The number of rotatable bonds is 6. The van der Waals surface area contributed by atoms with Gasteiger partial charge in [-0.1, -0.05) is 72.8 Å². The summed E-state index contributed by atoms with van der Waals surface area (Å²) in [5, 5.41) is 14.7. The summed E-state index contributed by atoms with van der Waals surface area (Å²) in [6.45, 7) is 1.87. The van der Waals surface area contributed by atoms with Crippen molar-refractivity contribution < 1.29 is 14.6 Å². The minimum absolute atomic E-state index is 0.170. The molecule has 0 aliphatic carbocycles. The Hall–Kier alpha value is -2.56. The van der Waals surface area contributed by atoms with Crippen LogP contribution in [-0.4, -0.2) is 23.3 Å². The molecule has 0 spiro atoms. The Morgan fingerprint density at radius 3 is 2.48 bits per heavy atom. The van der Waals surface area contributed by atoms with Crippen LogP contribution in [0, 0.1) is 0 Å². The summed E-state index contributed by atoms with van der Waals surface area (Å²) < 4.78 is 5.20. The van der Waals surface area contributed by atoms with E-state index < -0.39 is 23.6 Å². The number of fused-ring (bicyclic) bond motifs is 1. The van der Waals surface area contributed by atoms with Crippen LogP contribution in [0.3, 0.4) is 0 Å². The predicted molar refractivity (Wildman–Crippen MR) is 108 cm³/mol. The van der Waals surface area contributed by atoms with Crippen LogP contribution in [0.1, 0.15) is 23.4 Å². The van der Waals surface area contributed by atoms with E-state index in [1.807, 2.05) is 72.8 Å². The molecule has 0 aromatic heterocycles. The number of halogens is 1. The second-order valence-corrected chi connectivity index (χ2v) is 6.93. The van der Waals surface area contributed by atoms with Crippen molar-refractivity contribution in [1.29, 1.82) is 0 Å². The molecule has 3 aromatic rings. The molecule has 0 heterocycles. The summed E-state index contributed by atoms with van der Waals surface area (Å²) in [7, 11) is 0. The molecule has 0 fully saturated rings. The minimum atomic E-state index is -0.971. The van der Waals surface area contributed by atoms with Crippen molar-refractivity contribution in [2.75, 3.05) is 0 Å². The molecule has 3 atom stereocenters. The first-order valence-electron chi connectivity index (χ1n) is 8.83. The summed E-state index contributed by atoms with van der Waals surface area (Å²) in [6, 6.07) is 22.5. The van der Waals surface area contributed by atoms with E-state index in [0.29, 0.717) is 0 Å². The smallest absolute Gasteiger partial charge is 0.407 e. The average Bonchev–Trinajstić information content (AvgIpc) is 2.71. The van der Waals surface area contributed by atoms with Gasteiger partial charge in [0.1, 0.15) is 6.61 Å². The molecule has 4 nitrogen and oxygen atoms in total. The van der Waals surface area contributed by atoms with E-state index in [9.17, 15) is 9.90 Å². The number of hydrogen-bond acceptors (Lipinski definition) is 3. The summed E-state index contributed by atoms with van der Waals surface area (Å²) in [5.74, 6) is 0. The van der Waals surface area contributed by atoms with Gasteiger partial charge in [0, 0.05) is 0 Å². The van der Waals surface area contributed by atoms with Gasteiger partial charge in [0.05, 0.1) is 17.5 Å². The number of amides is 1. The molecule has 5 heteroatoms. The Labute approximate surface area is 163 Å². The molecular formula is C22H22ClNO3. The number of aliphatic hydroxyl groups is 1. The van der Waals surface area contributed by atoms with E-state index in [-0.39, 0.29) is 6.61 Å². The molecule has 1 amide bonds. The molecular weight excluding hydrogens is 362 g/mol. The molecule has 1 unspecified atom stereocenters. The first-order valence-corrected chi connectivity index (χ1v) is 9.27. The maximum atomic E-state index is 12.0. The first-order chi connectivity index (χ1) is 13.1. The number of hydrogen-bond donors (Lipinski definition) is 2. The third kappa shape index (κ3) is 4.79. The van der Waals surface area contributed by atoms with Crippen molar-refractivity contribution >= 4 is 28.5 Å². The van der Waals surface area contributed by atoms with E-state index in [1.165, 1.54) is 0 Å². The number of alkyl carbamates (subject to hydrolysis) is 1. The van der Waals surface area contributed by atoms with Gasteiger partial charge < -0.3 is 15.2 Å². The second kappa shape index (κ2) is 8.89. The highest BCUT2D eigenvalue weighted by Crippen LogP contribution is 2.32. The van der Waals surface area contributed by atoms with Crippen LogP contribution in [0.2, 0.25) is 0 Å². The number of carbonyl (C=O) groups is 1. The lowest BCUT2D eigenvalue weighted by molar-refractivity contribution is 0.104. The molecule has 27 heavy (non-hydrogen) atoms. The van der Waals surface area contributed by atoms with Gasteiger partial charge in [-0.3, -0.25) is 0 Å². The van der Waals surface area contributed by atoms with Crippen LogP contribution in [0.25, 0.3) is 10.8 Å². The number of nitrogens with one attached hydrogen (secondary N) is 1. The van der Waals surface area contributed by atoms with E-state index in [1.54, 1.807) is 6.92 Å². The van der Waals surface area contributed by atoms with Crippen molar-refractivity contribution in [3.8, 4) is 0 Å². The summed E-state index contributed by atoms with van der Waals surface area (Å²) in [5.41, 5.74) is 1.72. The highest BCUT2D eigenvalue weighted by Gasteiger charge is 2.27. The Morgan fingerprint density at radius 1 is 1.04 bits per heavy atom. The molecule has 140 valence electrons.